The van der Waals surface area contributed by atoms with E-state index in [1.54, 1.807) is 0 Å². The molecule has 1 atom stereocenters. The molecule has 0 radical (unpaired) electrons. The van der Waals surface area contributed by atoms with Crippen LogP contribution < -0.4 is 0 Å². The summed E-state index contributed by atoms with van der Waals surface area (Å²) in [5.74, 6) is -0.329. The first-order chi connectivity index (χ1) is 5.52. The van der Waals surface area contributed by atoms with Gasteiger partial charge >= 0.3 is 5.97 Å². The van der Waals surface area contributed by atoms with Crippen molar-refractivity contribution in [2.24, 2.45) is 5.92 Å². The van der Waals surface area contributed by atoms with Crippen molar-refractivity contribution in [2.45, 2.75) is 26.9 Å². The van der Waals surface area contributed by atoms with E-state index >= 15 is 0 Å². The third-order valence-electron chi connectivity index (χ3n) is 1.84. The van der Waals surface area contributed by atoms with Gasteiger partial charge in [0.1, 0.15) is 6.10 Å². The van der Waals surface area contributed by atoms with Crippen molar-refractivity contribution < 1.29 is 14.3 Å². The first kappa shape index (κ1) is 8.97. The second-order valence-electron chi connectivity index (χ2n) is 3.26. The zero-order chi connectivity index (χ0) is 9.30. The van der Waals surface area contributed by atoms with Gasteiger partial charge in [0, 0.05) is 11.6 Å². The van der Waals surface area contributed by atoms with Gasteiger partial charge in [-0.1, -0.05) is 13.8 Å². The summed E-state index contributed by atoms with van der Waals surface area (Å²) in [6.45, 7) is 5.28. The molecule has 1 heterocycles. The van der Waals surface area contributed by atoms with Gasteiger partial charge in [-0.05, 0) is 12.8 Å². The molecule has 0 aliphatic carbocycles. The molecule has 0 aromatic rings. The summed E-state index contributed by atoms with van der Waals surface area (Å²) in [6, 6.07) is 0. The highest BCUT2D eigenvalue weighted by molar-refractivity contribution is 6.03. The van der Waals surface area contributed by atoms with Crippen LogP contribution in [0.3, 0.4) is 0 Å². The van der Waals surface area contributed by atoms with Crippen LogP contribution in [-0.4, -0.2) is 17.9 Å². The molecule has 0 spiro atoms. The zero-order valence-corrected chi connectivity index (χ0v) is 7.46. The van der Waals surface area contributed by atoms with Crippen LogP contribution in [-0.2, 0) is 14.3 Å². The van der Waals surface area contributed by atoms with Crippen LogP contribution in [0.2, 0.25) is 0 Å². The molecule has 66 valence electrons. The fourth-order valence-electron chi connectivity index (χ4n) is 1.23. The second kappa shape index (κ2) is 3.09. The summed E-state index contributed by atoms with van der Waals surface area (Å²) in [5, 5.41) is 0. The van der Waals surface area contributed by atoms with Gasteiger partial charge in [-0.25, -0.2) is 4.79 Å². The number of hydrogen-bond donors (Lipinski definition) is 0. The van der Waals surface area contributed by atoms with Crippen molar-refractivity contribution in [3.8, 4) is 0 Å². The lowest BCUT2D eigenvalue weighted by Crippen LogP contribution is -2.21. The predicted octanol–water partition coefficient (Wildman–Crippen LogP) is 1.08. The Kier molecular flexibility index (Phi) is 2.31. The number of esters is 1. The molecule has 0 N–H and O–H groups in total. The van der Waals surface area contributed by atoms with Gasteiger partial charge in [0.15, 0.2) is 5.78 Å². The number of carbonyl (C=O) groups excluding carboxylic acids is 2. The van der Waals surface area contributed by atoms with E-state index in [0.29, 0.717) is 5.57 Å². The van der Waals surface area contributed by atoms with Crippen molar-refractivity contribution in [3.05, 3.63) is 11.6 Å². The predicted molar refractivity (Wildman–Crippen MR) is 43.5 cm³/mol. The summed E-state index contributed by atoms with van der Waals surface area (Å²) in [6.07, 6.45) is 0.947. The SMILES string of the molecule is CC(=O)C1=CC(=O)OC1C(C)C. The molecular formula is C9H12O3. The summed E-state index contributed by atoms with van der Waals surface area (Å²) in [7, 11) is 0. The number of ketones is 1. The number of hydrogen-bond acceptors (Lipinski definition) is 3. The summed E-state index contributed by atoms with van der Waals surface area (Å²) < 4.78 is 4.94. The number of cyclic esters (lactones) is 1. The van der Waals surface area contributed by atoms with E-state index in [0.717, 1.165) is 0 Å². The molecule has 3 heteroatoms. The lowest BCUT2D eigenvalue weighted by Gasteiger charge is -2.15. The lowest BCUT2D eigenvalue weighted by molar-refractivity contribution is -0.140. The molecule has 1 aliphatic heterocycles. The summed E-state index contributed by atoms with van der Waals surface area (Å²) >= 11 is 0. The first-order valence-corrected chi connectivity index (χ1v) is 3.95. The van der Waals surface area contributed by atoms with Gasteiger partial charge in [-0.2, -0.15) is 0 Å². The molecule has 0 aromatic heterocycles. The summed E-state index contributed by atoms with van der Waals surface area (Å²) in [5.41, 5.74) is 0.495. The molecule has 0 fully saturated rings. The third-order valence-corrected chi connectivity index (χ3v) is 1.84. The van der Waals surface area contributed by atoms with E-state index in [-0.39, 0.29) is 17.8 Å². The quantitative estimate of drug-likeness (QED) is 0.579. The van der Waals surface area contributed by atoms with Gasteiger partial charge in [0.05, 0.1) is 0 Å². The average molecular weight is 168 g/mol. The van der Waals surface area contributed by atoms with Crippen LogP contribution in [0.1, 0.15) is 20.8 Å². The molecule has 0 saturated heterocycles. The molecule has 12 heavy (non-hydrogen) atoms. The largest absolute Gasteiger partial charge is 0.454 e. The number of rotatable bonds is 2. The molecular weight excluding hydrogens is 156 g/mol. The van der Waals surface area contributed by atoms with Gasteiger partial charge < -0.3 is 4.74 Å². The van der Waals surface area contributed by atoms with E-state index < -0.39 is 5.97 Å². The fraction of sp³-hybridized carbons (Fsp3) is 0.556. The van der Waals surface area contributed by atoms with Crippen LogP contribution in [0, 0.1) is 5.92 Å². The Morgan fingerprint density at radius 2 is 2.17 bits per heavy atom. The van der Waals surface area contributed by atoms with Crippen LogP contribution in [0.25, 0.3) is 0 Å². The summed E-state index contributed by atoms with van der Waals surface area (Å²) in [4.78, 5) is 21.8. The highest BCUT2D eigenvalue weighted by atomic mass is 16.5. The maximum atomic E-state index is 11.0. The number of Topliss-reactive ketones (excluding diaryl/α,β-unsaturated/α-hetero) is 1. The maximum absolute atomic E-state index is 11.0. The molecule has 3 nitrogen and oxygen atoms in total. The van der Waals surface area contributed by atoms with E-state index in [2.05, 4.69) is 0 Å². The number of ether oxygens (including phenoxy) is 1. The molecule has 1 rings (SSSR count). The molecule has 1 aliphatic rings. The van der Waals surface area contributed by atoms with Crippen LogP contribution in [0.15, 0.2) is 11.6 Å². The first-order valence-electron chi connectivity index (χ1n) is 3.95. The van der Waals surface area contributed by atoms with Crippen molar-refractivity contribution in [3.63, 3.8) is 0 Å². The molecule has 0 aromatic carbocycles. The zero-order valence-electron chi connectivity index (χ0n) is 7.46. The maximum Gasteiger partial charge on any atom is 0.331 e. The van der Waals surface area contributed by atoms with E-state index in [1.807, 2.05) is 13.8 Å². The van der Waals surface area contributed by atoms with Gasteiger partial charge in [0.25, 0.3) is 0 Å². The van der Waals surface area contributed by atoms with Crippen LogP contribution in [0.4, 0.5) is 0 Å². The van der Waals surface area contributed by atoms with E-state index in [9.17, 15) is 9.59 Å². The van der Waals surface area contributed by atoms with Gasteiger partial charge in [-0.3, -0.25) is 4.79 Å². The Morgan fingerprint density at radius 3 is 2.50 bits per heavy atom. The molecule has 1 unspecified atom stereocenters. The van der Waals surface area contributed by atoms with E-state index in [1.165, 1.54) is 13.0 Å². The fourth-order valence-corrected chi connectivity index (χ4v) is 1.23. The molecule has 0 saturated carbocycles. The smallest absolute Gasteiger partial charge is 0.331 e. The minimum atomic E-state index is -0.404. The van der Waals surface area contributed by atoms with Crippen molar-refractivity contribution in [1.82, 2.24) is 0 Å². The highest BCUT2D eigenvalue weighted by Gasteiger charge is 2.31. The Bertz CT molecular complexity index is 250. The normalized spacial score (nSPS) is 22.5. The third kappa shape index (κ3) is 1.55. The van der Waals surface area contributed by atoms with Gasteiger partial charge in [0.2, 0.25) is 0 Å². The highest BCUT2D eigenvalue weighted by Crippen LogP contribution is 2.22. The van der Waals surface area contributed by atoms with Crippen LogP contribution >= 0.6 is 0 Å². The molecule has 0 bridgehead atoms. The molecule has 0 amide bonds. The van der Waals surface area contributed by atoms with Crippen LogP contribution in [0.5, 0.6) is 0 Å². The Labute approximate surface area is 71.4 Å². The van der Waals surface area contributed by atoms with E-state index in [4.69, 9.17) is 4.74 Å². The van der Waals surface area contributed by atoms with Gasteiger partial charge in [-0.15, -0.1) is 0 Å². The average Bonchev–Trinajstić information content (AvgIpc) is 2.31. The number of carbonyl (C=O) groups is 2. The minimum absolute atomic E-state index is 0.0837. The minimum Gasteiger partial charge on any atom is -0.454 e. The lowest BCUT2D eigenvalue weighted by atomic mass is 9.98. The Hall–Kier alpha value is -1.12. The Morgan fingerprint density at radius 1 is 1.58 bits per heavy atom. The van der Waals surface area contributed by atoms with Crippen molar-refractivity contribution in [2.75, 3.05) is 0 Å². The monoisotopic (exact) mass is 168 g/mol. The topological polar surface area (TPSA) is 43.4 Å². The second-order valence-corrected chi connectivity index (χ2v) is 3.26. The Balaban J connectivity index is 2.87. The van der Waals surface area contributed by atoms with Crippen molar-refractivity contribution >= 4 is 11.8 Å². The standard InChI is InChI=1S/C9H12O3/c1-5(2)9-7(6(3)10)4-8(11)12-9/h4-5,9H,1-3H3. The van der Waals surface area contributed by atoms with Crippen molar-refractivity contribution in [1.29, 1.82) is 0 Å².